The second kappa shape index (κ2) is 8.06. The van der Waals surface area contributed by atoms with Crippen molar-refractivity contribution in [2.24, 2.45) is 11.8 Å². The average molecular weight is 410 g/mol. The number of nitrogens with one attached hydrogen (secondary N) is 1. The molecule has 1 N–H and O–H groups in total. The molecule has 1 aromatic rings. The summed E-state index contributed by atoms with van der Waals surface area (Å²) < 4.78 is 43.5. The number of benzene rings is 1. The van der Waals surface area contributed by atoms with E-state index in [-0.39, 0.29) is 0 Å². The normalized spacial score (nSPS) is 21.1. The van der Waals surface area contributed by atoms with Crippen LogP contribution in [-0.2, 0) is 30.1 Å². The van der Waals surface area contributed by atoms with Gasteiger partial charge in [-0.3, -0.25) is 24.1 Å². The number of amides is 3. The van der Waals surface area contributed by atoms with Crippen LogP contribution >= 0.6 is 0 Å². The highest BCUT2D eigenvalue weighted by atomic mass is 19.4. The van der Waals surface area contributed by atoms with E-state index in [0.29, 0.717) is 12.8 Å². The molecular weight excluding hydrogens is 393 g/mol. The molecule has 29 heavy (non-hydrogen) atoms. The van der Waals surface area contributed by atoms with E-state index in [2.05, 4.69) is 0 Å². The Labute approximate surface area is 163 Å². The topological polar surface area (TPSA) is 92.8 Å². The lowest BCUT2D eigenvalue weighted by atomic mass is 9.85. The van der Waals surface area contributed by atoms with Gasteiger partial charge >= 0.3 is 12.1 Å². The number of ether oxygens (including phenoxy) is 1. The van der Waals surface area contributed by atoms with Crippen LogP contribution in [0.4, 0.5) is 18.9 Å². The van der Waals surface area contributed by atoms with E-state index in [0.717, 1.165) is 17.0 Å². The Bertz CT molecular complexity index is 855. The third-order valence-electron chi connectivity index (χ3n) is 4.76. The molecule has 1 fully saturated rings. The lowest BCUT2D eigenvalue weighted by Crippen LogP contribution is -2.37. The summed E-state index contributed by atoms with van der Waals surface area (Å²) in [5, 5.41) is 2.03. The predicted molar refractivity (Wildman–Crippen MR) is 93.1 cm³/mol. The quantitative estimate of drug-likeness (QED) is 0.456. The fraction of sp³-hybridized carbons (Fsp3) is 0.368. The number of fused-ring (bicyclic) bond motifs is 1. The molecule has 2 atom stereocenters. The molecule has 1 aromatic carbocycles. The van der Waals surface area contributed by atoms with Gasteiger partial charge in [0.25, 0.3) is 5.91 Å². The van der Waals surface area contributed by atoms with Crippen molar-refractivity contribution in [1.29, 1.82) is 0 Å². The fourth-order valence-electron chi connectivity index (χ4n) is 3.37. The molecule has 0 aromatic heterocycles. The van der Waals surface area contributed by atoms with E-state index >= 15 is 0 Å². The van der Waals surface area contributed by atoms with Crippen LogP contribution in [0.1, 0.15) is 18.4 Å². The van der Waals surface area contributed by atoms with Gasteiger partial charge in [-0.1, -0.05) is 24.3 Å². The van der Waals surface area contributed by atoms with Crippen molar-refractivity contribution in [1.82, 2.24) is 4.90 Å². The van der Waals surface area contributed by atoms with Gasteiger partial charge in [0.05, 0.1) is 23.1 Å². The minimum absolute atomic E-state index is 0.418. The number of likely N-dealkylation sites (tertiary alicyclic amines) is 1. The number of hydrogen-bond acceptors (Lipinski definition) is 5. The Morgan fingerprint density at radius 1 is 1.07 bits per heavy atom. The molecule has 3 rings (SSSR count). The molecule has 0 spiro atoms. The average Bonchev–Trinajstić information content (AvgIpc) is 2.91. The number of imide groups is 1. The summed E-state index contributed by atoms with van der Waals surface area (Å²) in [6.45, 7) is -1.49. The Morgan fingerprint density at radius 2 is 1.66 bits per heavy atom. The van der Waals surface area contributed by atoms with Crippen molar-refractivity contribution in [3.8, 4) is 0 Å². The molecule has 1 aliphatic carbocycles. The van der Waals surface area contributed by atoms with Crippen molar-refractivity contribution in [2.75, 3.05) is 18.5 Å². The Morgan fingerprint density at radius 3 is 2.24 bits per heavy atom. The number of allylic oxidation sites excluding steroid dienone is 2. The Hall–Kier alpha value is -3.17. The molecule has 10 heteroatoms. The third-order valence-corrected chi connectivity index (χ3v) is 4.76. The predicted octanol–water partition coefficient (Wildman–Crippen LogP) is 2.14. The van der Waals surface area contributed by atoms with Gasteiger partial charge in [-0.2, -0.15) is 13.2 Å². The van der Waals surface area contributed by atoms with Crippen LogP contribution in [0.2, 0.25) is 0 Å². The number of anilines is 1. The Kier molecular flexibility index (Phi) is 5.71. The highest BCUT2D eigenvalue weighted by Crippen LogP contribution is 2.35. The number of carbonyl (C=O) groups is 4. The van der Waals surface area contributed by atoms with Crippen LogP contribution < -0.4 is 5.32 Å². The van der Waals surface area contributed by atoms with Crippen molar-refractivity contribution in [2.45, 2.75) is 19.0 Å². The van der Waals surface area contributed by atoms with Crippen LogP contribution in [0.25, 0.3) is 0 Å². The molecule has 3 amide bonds. The lowest BCUT2D eigenvalue weighted by Gasteiger charge is -2.15. The summed E-state index contributed by atoms with van der Waals surface area (Å²) in [6.07, 6.45) is -0.221. The molecule has 1 aliphatic heterocycles. The van der Waals surface area contributed by atoms with Crippen molar-refractivity contribution >= 4 is 29.4 Å². The molecule has 0 saturated carbocycles. The zero-order valence-electron chi connectivity index (χ0n) is 15.1. The molecular formula is C19H17F3N2O5. The van der Waals surface area contributed by atoms with Crippen LogP contribution in [0.5, 0.6) is 0 Å². The Balaban J connectivity index is 1.53. The summed E-state index contributed by atoms with van der Waals surface area (Å²) in [4.78, 5) is 49.1. The van der Waals surface area contributed by atoms with E-state index in [4.69, 9.17) is 4.74 Å². The standard InChI is InChI=1S/C19H17F3N2O5/c20-19(21,22)13-7-3-4-8-14(13)23-15(25)10-29-16(26)9-24-17(27)11-5-1-2-6-12(11)18(24)28/h1-4,7-8,11-12H,5-6,9-10H2,(H,23,25)/t11-,12-/m1/s1. The van der Waals surface area contributed by atoms with Crippen molar-refractivity contribution in [3.05, 3.63) is 42.0 Å². The number of esters is 1. The first-order chi connectivity index (χ1) is 13.7. The highest BCUT2D eigenvalue weighted by molar-refractivity contribution is 6.07. The first kappa shape index (κ1) is 20.6. The van der Waals surface area contributed by atoms with Crippen LogP contribution in [0.3, 0.4) is 0 Å². The number of rotatable bonds is 5. The van der Waals surface area contributed by atoms with E-state index in [1.807, 2.05) is 5.32 Å². The number of halogens is 3. The van der Waals surface area contributed by atoms with Gasteiger partial charge in [-0.25, -0.2) is 0 Å². The maximum absolute atomic E-state index is 12.9. The molecule has 1 heterocycles. The van der Waals surface area contributed by atoms with E-state index in [1.54, 1.807) is 12.2 Å². The molecule has 0 unspecified atom stereocenters. The lowest BCUT2D eigenvalue weighted by molar-refractivity contribution is -0.154. The number of para-hydroxylation sites is 1. The molecule has 1 saturated heterocycles. The number of alkyl halides is 3. The highest BCUT2D eigenvalue weighted by Gasteiger charge is 2.47. The zero-order chi connectivity index (χ0) is 21.2. The first-order valence-corrected chi connectivity index (χ1v) is 8.80. The van der Waals surface area contributed by atoms with E-state index < -0.39 is 66.1 Å². The van der Waals surface area contributed by atoms with Gasteiger partial charge in [-0.15, -0.1) is 0 Å². The summed E-state index contributed by atoms with van der Waals surface area (Å²) >= 11 is 0. The van der Waals surface area contributed by atoms with E-state index in [1.165, 1.54) is 12.1 Å². The smallest absolute Gasteiger partial charge is 0.418 e. The molecule has 7 nitrogen and oxygen atoms in total. The van der Waals surface area contributed by atoms with Crippen molar-refractivity contribution < 1.29 is 37.1 Å². The summed E-state index contributed by atoms with van der Waals surface area (Å²) in [6, 6.07) is 4.37. The van der Waals surface area contributed by atoms with Gasteiger partial charge in [0.1, 0.15) is 6.54 Å². The van der Waals surface area contributed by atoms with Crippen molar-refractivity contribution in [3.63, 3.8) is 0 Å². The summed E-state index contributed by atoms with van der Waals surface area (Å²) in [7, 11) is 0. The fourth-order valence-corrected chi connectivity index (χ4v) is 3.37. The molecule has 0 radical (unpaired) electrons. The SMILES string of the molecule is O=C(COC(=O)CN1C(=O)[C@@H]2CC=CC[C@H]2C1=O)Nc1ccccc1C(F)(F)F. The van der Waals surface area contributed by atoms with Crippen LogP contribution in [0, 0.1) is 11.8 Å². The first-order valence-electron chi connectivity index (χ1n) is 8.80. The summed E-state index contributed by atoms with van der Waals surface area (Å²) in [5.41, 5.74) is -1.51. The third kappa shape index (κ3) is 4.47. The maximum atomic E-state index is 12.9. The van der Waals surface area contributed by atoms with Gasteiger partial charge in [0, 0.05) is 0 Å². The van der Waals surface area contributed by atoms with E-state index in [9.17, 15) is 32.3 Å². The van der Waals surface area contributed by atoms with Gasteiger partial charge in [0.2, 0.25) is 11.8 Å². The second-order valence-corrected chi connectivity index (χ2v) is 6.67. The largest absolute Gasteiger partial charge is 0.454 e. The minimum Gasteiger partial charge on any atom is -0.454 e. The number of carbonyl (C=O) groups excluding carboxylic acids is 4. The van der Waals surface area contributed by atoms with Gasteiger partial charge in [-0.05, 0) is 25.0 Å². The number of nitrogens with zero attached hydrogens (tertiary/aromatic N) is 1. The van der Waals surface area contributed by atoms with Crippen LogP contribution in [0.15, 0.2) is 36.4 Å². The molecule has 2 aliphatic rings. The van der Waals surface area contributed by atoms with Gasteiger partial charge in [0.15, 0.2) is 6.61 Å². The monoisotopic (exact) mass is 410 g/mol. The van der Waals surface area contributed by atoms with Gasteiger partial charge < -0.3 is 10.1 Å². The minimum atomic E-state index is -4.66. The zero-order valence-corrected chi connectivity index (χ0v) is 15.1. The summed E-state index contributed by atoms with van der Waals surface area (Å²) in [5.74, 6) is -3.91. The second-order valence-electron chi connectivity index (χ2n) is 6.67. The molecule has 154 valence electrons. The van der Waals surface area contributed by atoms with Crippen LogP contribution in [-0.4, -0.2) is 41.7 Å². The molecule has 0 bridgehead atoms. The number of hydrogen-bond donors (Lipinski definition) is 1. The maximum Gasteiger partial charge on any atom is 0.418 e.